The summed E-state index contributed by atoms with van der Waals surface area (Å²) < 4.78 is 6.44. The van der Waals surface area contributed by atoms with E-state index in [1.54, 1.807) is 0 Å². The quantitative estimate of drug-likeness (QED) is 0.850. The van der Waals surface area contributed by atoms with Gasteiger partial charge in [0.2, 0.25) is 0 Å². The summed E-state index contributed by atoms with van der Waals surface area (Å²) >= 11 is 7.56. The summed E-state index contributed by atoms with van der Waals surface area (Å²) in [6.07, 6.45) is 3.56. The molecule has 14 heavy (non-hydrogen) atoms. The molecule has 1 fully saturated rings. The highest BCUT2D eigenvalue weighted by molar-refractivity contribution is 7.14. The lowest BCUT2D eigenvalue weighted by Crippen LogP contribution is -2.31. The molecule has 2 unspecified atom stereocenters. The standard InChI is InChI=1S/C10H14ClNOS/c11-10-7(4-6-14-10)9(12)8-3-1-2-5-13-8/h4,6,8-9H,1-3,5,12H2. The van der Waals surface area contributed by atoms with Crippen molar-refractivity contribution in [3.8, 4) is 0 Å². The Balaban J connectivity index is 2.07. The molecule has 1 aliphatic heterocycles. The highest BCUT2D eigenvalue weighted by Gasteiger charge is 2.24. The zero-order valence-corrected chi connectivity index (χ0v) is 9.48. The Kier molecular flexibility index (Phi) is 3.44. The molecule has 0 radical (unpaired) electrons. The highest BCUT2D eigenvalue weighted by Crippen LogP contribution is 2.32. The number of halogens is 1. The lowest BCUT2D eigenvalue weighted by Gasteiger charge is -2.27. The van der Waals surface area contributed by atoms with Crippen molar-refractivity contribution < 1.29 is 4.74 Å². The third-order valence-electron chi connectivity index (χ3n) is 2.62. The lowest BCUT2D eigenvalue weighted by atomic mass is 9.99. The van der Waals surface area contributed by atoms with Crippen molar-refractivity contribution in [2.45, 2.75) is 31.4 Å². The molecule has 2 atom stereocenters. The first-order valence-corrected chi connectivity index (χ1v) is 6.15. The van der Waals surface area contributed by atoms with E-state index < -0.39 is 0 Å². The SMILES string of the molecule is NC(c1ccsc1Cl)C1CCCCO1. The van der Waals surface area contributed by atoms with Gasteiger partial charge in [0.15, 0.2) is 0 Å². The fourth-order valence-corrected chi connectivity index (χ4v) is 2.81. The normalized spacial score (nSPS) is 24.9. The molecule has 2 nitrogen and oxygen atoms in total. The molecule has 0 aromatic carbocycles. The largest absolute Gasteiger partial charge is 0.376 e. The van der Waals surface area contributed by atoms with Crippen LogP contribution in [0.25, 0.3) is 0 Å². The summed E-state index contributed by atoms with van der Waals surface area (Å²) in [5.74, 6) is 0. The van der Waals surface area contributed by atoms with E-state index in [-0.39, 0.29) is 12.1 Å². The minimum absolute atomic E-state index is 0.0611. The summed E-state index contributed by atoms with van der Waals surface area (Å²) in [5.41, 5.74) is 7.14. The van der Waals surface area contributed by atoms with Gasteiger partial charge in [-0.15, -0.1) is 11.3 Å². The van der Waals surface area contributed by atoms with Gasteiger partial charge < -0.3 is 10.5 Å². The number of hydrogen-bond donors (Lipinski definition) is 1. The van der Waals surface area contributed by atoms with Crippen molar-refractivity contribution >= 4 is 22.9 Å². The van der Waals surface area contributed by atoms with Crippen molar-refractivity contribution in [3.05, 3.63) is 21.3 Å². The van der Waals surface area contributed by atoms with Crippen LogP contribution in [0.4, 0.5) is 0 Å². The monoisotopic (exact) mass is 231 g/mol. The van der Waals surface area contributed by atoms with Crippen molar-refractivity contribution in [2.75, 3.05) is 6.61 Å². The smallest absolute Gasteiger partial charge is 0.0977 e. The Hall–Kier alpha value is -0.0900. The number of thiophene rings is 1. The molecule has 4 heteroatoms. The fraction of sp³-hybridized carbons (Fsp3) is 0.600. The van der Waals surface area contributed by atoms with Gasteiger partial charge in [-0.25, -0.2) is 0 Å². The minimum atomic E-state index is -0.0611. The van der Waals surface area contributed by atoms with Gasteiger partial charge in [0, 0.05) is 12.2 Å². The van der Waals surface area contributed by atoms with Gasteiger partial charge in [-0.05, 0) is 30.7 Å². The van der Waals surface area contributed by atoms with Gasteiger partial charge in [-0.3, -0.25) is 0 Å². The molecule has 0 amide bonds. The fourth-order valence-electron chi connectivity index (χ4n) is 1.79. The second-order valence-electron chi connectivity index (χ2n) is 3.58. The van der Waals surface area contributed by atoms with E-state index >= 15 is 0 Å². The van der Waals surface area contributed by atoms with E-state index in [1.165, 1.54) is 17.8 Å². The maximum absolute atomic E-state index is 6.11. The Morgan fingerprint density at radius 2 is 2.43 bits per heavy atom. The molecular formula is C10H14ClNOS. The van der Waals surface area contributed by atoms with Crippen molar-refractivity contribution in [1.82, 2.24) is 0 Å². The summed E-state index contributed by atoms with van der Waals surface area (Å²) in [6.45, 7) is 0.833. The Labute approximate surface area is 93.0 Å². The van der Waals surface area contributed by atoms with Crippen molar-refractivity contribution in [1.29, 1.82) is 0 Å². The molecule has 0 spiro atoms. The number of nitrogens with two attached hydrogens (primary N) is 1. The molecule has 2 rings (SSSR count). The zero-order valence-electron chi connectivity index (χ0n) is 7.91. The third-order valence-corrected chi connectivity index (χ3v) is 3.82. The maximum atomic E-state index is 6.11. The summed E-state index contributed by atoms with van der Waals surface area (Å²) in [5, 5.41) is 1.97. The number of hydrogen-bond acceptors (Lipinski definition) is 3. The van der Waals surface area contributed by atoms with Gasteiger partial charge in [0.25, 0.3) is 0 Å². The summed E-state index contributed by atoms with van der Waals surface area (Å²) in [6, 6.07) is 1.93. The first kappa shape index (κ1) is 10.4. The Morgan fingerprint density at radius 3 is 3.00 bits per heavy atom. The molecule has 2 heterocycles. The summed E-state index contributed by atoms with van der Waals surface area (Å²) in [4.78, 5) is 0. The van der Waals surface area contributed by atoms with Crippen LogP contribution in [0.5, 0.6) is 0 Å². The van der Waals surface area contributed by atoms with E-state index in [9.17, 15) is 0 Å². The minimum Gasteiger partial charge on any atom is -0.376 e. The number of ether oxygens (including phenoxy) is 1. The van der Waals surface area contributed by atoms with E-state index in [4.69, 9.17) is 22.1 Å². The topological polar surface area (TPSA) is 35.2 Å². The van der Waals surface area contributed by atoms with E-state index in [1.807, 2.05) is 11.4 Å². The van der Waals surface area contributed by atoms with Gasteiger partial charge in [0.05, 0.1) is 16.5 Å². The van der Waals surface area contributed by atoms with Gasteiger partial charge in [-0.2, -0.15) is 0 Å². The lowest BCUT2D eigenvalue weighted by molar-refractivity contribution is 0.000104. The van der Waals surface area contributed by atoms with Crippen LogP contribution in [-0.2, 0) is 4.74 Å². The van der Waals surface area contributed by atoms with Crippen molar-refractivity contribution in [3.63, 3.8) is 0 Å². The molecule has 0 aliphatic carbocycles. The van der Waals surface area contributed by atoms with E-state index in [2.05, 4.69) is 0 Å². The molecule has 78 valence electrons. The average molecular weight is 232 g/mol. The van der Waals surface area contributed by atoms with Crippen molar-refractivity contribution in [2.24, 2.45) is 5.73 Å². The number of rotatable bonds is 2. The van der Waals surface area contributed by atoms with Crippen LogP contribution in [0.3, 0.4) is 0 Å². The first-order valence-electron chi connectivity index (χ1n) is 4.89. The molecule has 1 aromatic heterocycles. The molecule has 0 bridgehead atoms. The predicted molar refractivity (Wildman–Crippen MR) is 59.8 cm³/mol. The summed E-state index contributed by atoms with van der Waals surface area (Å²) in [7, 11) is 0. The third kappa shape index (κ3) is 2.11. The second kappa shape index (κ2) is 4.62. The van der Waals surface area contributed by atoms with E-state index in [0.717, 1.165) is 29.3 Å². The molecule has 2 N–H and O–H groups in total. The Morgan fingerprint density at radius 1 is 1.57 bits per heavy atom. The molecule has 1 aliphatic rings. The average Bonchev–Trinajstić information content (AvgIpc) is 2.65. The first-order chi connectivity index (χ1) is 6.79. The Bertz CT molecular complexity index is 296. The highest BCUT2D eigenvalue weighted by atomic mass is 35.5. The van der Waals surface area contributed by atoms with Gasteiger partial charge >= 0.3 is 0 Å². The van der Waals surface area contributed by atoms with E-state index in [0.29, 0.717) is 0 Å². The maximum Gasteiger partial charge on any atom is 0.0977 e. The second-order valence-corrected chi connectivity index (χ2v) is 5.10. The van der Waals surface area contributed by atoms with Crippen LogP contribution in [-0.4, -0.2) is 12.7 Å². The molecule has 0 saturated carbocycles. The van der Waals surface area contributed by atoms with Crippen LogP contribution < -0.4 is 5.73 Å². The van der Waals surface area contributed by atoms with Gasteiger partial charge in [0.1, 0.15) is 0 Å². The molecular weight excluding hydrogens is 218 g/mol. The molecule has 1 aromatic rings. The molecule has 1 saturated heterocycles. The predicted octanol–water partition coefficient (Wildman–Crippen LogP) is 2.97. The van der Waals surface area contributed by atoms with Crippen LogP contribution in [0, 0.1) is 0 Å². The van der Waals surface area contributed by atoms with Crippen LogP contribution in [0.15, 0.2) is 11.4 Å². The van der Waals surface area contributed by atoms with Gasteiger partial charge in [-0.1, -0.05) is 11.6 Å². The van der Waals surface area contributed by atoms with Crippen LogP contribution in [0.2, 0.25) is 4.34 Å². The van der Waals surface area contributed by atoms with Crippen LogP contribution in [0.1, 0.15) is 30.9 Å². The van der Waals surface area contributed by atoms with Crippen LogP contribution >= 0.6 is 22.9 Å². The zero-order chi connectivity index (χ0) is 9.97.